The van der Waals surface area contributed by atoms with Crippen LogP contribution in [-0.4, -0.2) is 71.8 Å². The Hall–Kier alpha value is -2.89. The van der Waals surface area contributed by atoms with E-state index in [1.54, 1.807) is 62.3 Å². The molecule has 2 atom stereocenters. The van der Waals surface area contributed by atoms with Gasteiger partial charge in [0.2, 0.25) is 11.8 Å². The smallest absolute Gasteiger partial charge is 0.408 e. The van der Waals surface area contributed by atoms with Gasteiger partial charge in [0.15, 0.2) is 0 Å². The molecule has 0 unspecified atom stereocenters. The summed E-state index contributed by atoms with van der Waals surface area (Å²) in [4.78, 5) is 61.7. The Balaban J connectivity index is 5.13. The molecule has 0 aromatic heterocycles. The van der Waals surface area contributed by atoms with Crippen molar-refractivity contribution in [3.63, 3.8) is 0 Å². The molecule has 0 radical (unpaired) electrons. The molecule has 5 N–H and O–H groups in total. The molecule has 0 aromatic rings. The van der Waals surface area contributed by atoms with Crippen LogP contribution in [0, 0.1) is 0 Å². The summed E-state index contributed by atoms with van der Waals surface area (Å²) >= 11 is 0. The van der Waals surface area contributed by atoms with Gasteiger partial charge >= 0.3 is 18.0 Å². The Labute approximate surface area is 213 Å². The molecule has 0 saturated carbocycles. The highest BCUT2D eigenvalue weighted by atomic mass is 16.6. The predicted molar refractivity (Wildman–Crippen MR) is 133 cm³/mol. The highest BCUT2D eigenvalue weighted by Crippen LogP contribution is 2.13. The average molecular weight is 517 g/mol. The summed E-state index contributed by atoms with van der Waals surface area (Å²) in [6.45, 7) is 14.9. The number of carbonyl (C=O) groups is 5. The zero-order valence-corrected chi connectivity index (χ0v) is 23.0. The molecule has 208 valence electrons. The van der Waals surface area contributed by atoms with Crippen LogP contribution in [0.15, 0.2) is 0 Å². The Kier molecular flexibility index (Phi) is 12.9. The summed E-state index contributed by atoms with van der Waals surface area (Å²) in [7, 11) is 0. The van der Waals surface area contributed by atoms with Gasteiger partial charge in [0, 0.05) is 6.42 Å². The maximum Gasteiger partial charge on any atom is 0.408 e. The van der Waals surface area contributed by atoms with Crippen LogP contribution < -0.4 is 21.7 Å². The van der Waals surface area contributed by atoms with Gasteiger partial charge in [-0.05, 0) is 81.7 Å². The molecule has 0 saturated heterocycles. The third-order valence-electron chi connectivity index (χ3n) is 3.98. The summed E-state index contributed by atoms with van der Waals surface area (Å²) in [6.07, 6.45) is -1.02. The van der Waals surface area contributed by atoms with E-state index in [1.807, 2.05) is 0 Å². The van der Waals surface area contributed by atoms with Gasteiger partial charge in [0.25, 0.3) is 0 Å². The summed E-state index contributed by atoms with van der Waals surface area (Å²) < 4.78 is 15.7. The van der Waals surface area contributed by atoms with Crippen molar-refractivity contribution in [1.29, 1.82) is 0 Å². The Morgan fingerprint density at radius 3 is 1.72 bits per heavy atom. The SMILES string of the molecule is CC(C)(C)OC(=O)CNC(=O)[C@H](CCN)NC(=O)CC[C@H](NC(=O)OC(C)(C)C)C(=O)OC(C)(C)C. The number of hydrogen-bond donors (Lipinski definition) is 4. The van der Waals surface area contributed by atoms with Crippen LogP contribution in [0.3, 0.4) is 0 Å². The van der Waals surface area contributed by atoms with Gasteiger partial charge in [-0.15, -0.1) is 0 Å². The van der Waals surface area contributed by atoms with Crippen molar-refractivity contribution in [3.05, 3.63) is 0 Å². The van der Waals surface area contributed by atoms with E-state index in [0.29, 0.717) is 0 Å². The molecule has 0 heterocycles. The van der Waals surface area contributed by atoms with Gasteiger partial charge in [-0.3, -0.25) is 14.4 Å². The minimum Gasteiger partial charge on any atom is -0.459 e. The molecular weight excluding hydrogens is 472 g/mol. The number of nitrogens with one attached hydrogen (secondary N) is 3. The van der Waals surface area contributed by atoms with Gasteiger partial charge in [-0.1, -0.05) is 0 Å². The van der Waals surface area contributed by atoms with E-state index in [1.165, 1.54) is 0 Å². The van der Waals surface area contributed by atoms with E-state index < -0.39 is 58.7 Å². The van der Waals surface area contributed by atoms with Gasteiger partial charge < -0.3 is 35.9 Å². The van der Waals surface area contributed by atoms with Crippen LogP contribution in [0.4, 0.5) is 4.79 Å². The third kappa shape index (κ3) is 16.7. The van der Waals surface area contributed by atoms with Crippen LogP contribution in [0.2, 0.25) is 0 Å². The van der Waals surface area contributed by atoms with Crippen molar-refractivity contribution >= 4 is 29.8 Å². The molecule has 12 heteroatoms. The first-order valence-corrected chi connectivity index (χ1v) is 11.9. The quantitative estimate of drug-likeness (QED) is 0.233. The van der Waals surface area contributed by atoms with Crippen LogP contribution in [-0.2, 0) is 33.4 Å². The lowest BCUT2D eigenvalue weighted by molar-refractivity contribution is -0.157. The second-order valence-corrected chi connectivity index (χ2v) is 11.3. The molecule has 36 heavy (non-hydrogen) atoms. The van der Waals surface area contributed by atoms with E-state index in [0.717, 1.165) is 0 Å². The molecule has 0 spiro atoms. The Morgan fingerprint density at radius 1 is 0.722 bits per heavy atom. The lowest BCUT2D eigenvalue weighted by atomic mass is 10.1. The van der Waals surface area contributed by atoms with E-state index in [4.69, 9.17) is 19.9 Å². The van der Waals surface area contributed by atoms with Crippen molar-refractivity contribution in [1.82, 2.24) is 16.0 Å². The highest BCUT2D eigenvalue weighted by molar-refractivity contribution is 5.90. The Bertz CT molecular complexity index is 778. The van der Waals surface area contributed by atoms with Crippen LogP contribution in [0.1, 0.15) is 81.6 Å². The molecular formula is C24H44N4O8. The van der Waals surface area contributed by atoms with Crippen molar-refractivity contribution in [3.8, 4) is 0 Å². The molecule has 12 nitrogen and oxygen atoms in total. The van der Waals surface area contributed by atoms with Gasteiger partial charge in [0.05, 0.1) is 0 Å². The monoisotopic (exact) mass is 516 g/mol. The van der Waals surface area contributed by atoms with Gasteiger partial charge in [-0.25, -0.2) is 9.59 Å². The second-order valence-electron chi connectivity index (χ2n) is 11.3. The van der Waals surface area contributed by atoms with E-state index in [-0.39, 0.29) is 32.4 Å². The van der Waals surface area contributed by atoms with Gasteiger partial charge in [0.1, 0.15) is 35.4 Å². The molecule has 3 amide bonds. The molecule has 0 fully saturated rings. The van der Waals surface area contributed by atoms with Crippen LogP contribution >= 0.6 is 0 Å². The topological polar surface area (TPSA) is 175 Å². The summed E-state index contributed by atoms with van der Waals surface area (Å²) in [5, 5.41) is 7.40. The number of alkyl carbamates (subject to hydrolysis) is 1. The fraction of sp³-hybridized carbons (Fsp3) is 0.792. The zero-order valence-electron chi connectivity index (χ0n) is 23.0. The van der Waals surface area contributed by atoms with Crippen molar-refractivity contribution in [2.24, 2.45) is 5.73 Å². The first kappa shape index (κ1) is 33.1. The van der Waals surface area contributed by atoms with E-state index in [9.17, 15) is 24.0 Å². The third-order valence-corrected chi connectivity index (χ3v) is 3.98. The van der Waals surface area contributed by atoms with Crippen molar-refractivity contribution in [2.75, 3.05) is 13.1 Å². The first-order chi connectivity index (χ1) is 16.2. The second kappa shape index (κ2) is 14.0. The molecule has 0 bridgehead atoms. The highest BCUT2D eigenvalue weighted by Gasteiger charge is 2.30. The maximum atomic E-state index is 12.6. The van der Waals surface area contributed by atoms with E-state index >= 15 is 0 Å². The maximum absolute atomic E-state index is 12.6. The standard InChI is InChI=1S/C24H44N4O8/c1-22(2,3)34-18(30)14-26-19(31)15(12-13-25)27-17(29)11-10-16(20(32)35-23(4,5)6)28-21(33)36-24(7,8)9/h15-16H,10-14,25H2,1-9H3,(H,26,31)(H,27,29)(H,28,33)/t15-,16-/m0/s1. The first-order valence-electron chi connectivity index (χ1n) is 11.9. The van der Waals surface area contributed by atoms with Crippen molar-refractivity contribution < 1.29 is 38.2 Å². The number of nitrogens with two attached hydrogens (primary N) is 1. The molecule has 0 aromatic carbocycles. The van der Waals surface area contributed by atoms with Crippen LogP contribution in [0.25, 0.3) is 0 Å². The molecule has 0 aliphatic heterocycles. The van der Waals surface area contributed by atoms with Crippen LogP contribution in [0.5, 0.6) is 0 Å². The zero-order chi connectivity index (χ0) is 28.3. The number of amides is 3. The number of carbonyl (C=O) groups excluding carboxylic acids is 5. The molecule has 0 aliphatic rings. The Morgan fingerprint density at radius 2 is 1.25 bits per heavy atom. The number of hydrogen-bond acceptors (Lipinski definition) is 9. The number of esters is 2. The summed E-state index contributed by atoms with van der Waals surface area (Å²) in [5.41, 5.74) is 3.26. The predicted octanol–water partition coefficient (Wildman–Crippen LogP) is 1.29. The lowest BCUT2D eigenvalue weighted by Crippen LogP contribution is -2.50. The largest absolute Gasteiger partial charge is 0.459 e. The number of rotatable bonds is 11. The summed E-state index contributed by atoms with van der Waals surface area (Å²) in [6, 6.07) is -2.15. The minimum atomic E-state index is -1.15. The molecule has 0 aliphatic carbocycles. The van der Waals surface area contributed by atoms with Gasteiger partial charge in [-0.2, -0.15) is 0 Å². The normalized spacial score (nSPS) is 13.6. The lowest BCUT2D eigenvalue weighted by Gasteiger charge is -2.26. The average Bonchev–Trinajstić information content (AvgIpc) is 2.64. The molecule has 0 rings (SSSR count). The minimum absolute atomic E-state index is 0.102. The van der Waals surface area contributed by atoms with E-state index in [2.05, 4.69) is 16.0 Å². The van der Waals surface area contributed by atoms with Crippen molar-refractivity contribution in [2.45, 2.75) is 110 Å². The number of ether oxygens (including phenoxy) is 3. The fourth-order valence-electron chi connectivity index (χ4n) is 2.71. The summed E-state index contributed by atoms with van der Waals surface area (Å²) in [5.74, 6) is -2.51. The fourth-order valence-corrected chi connectivity index (χ4v) is 2.71.